The summed E-state index contributed by atoms with van der Waals surface area (Å²) in [6, 6.07) is 3.61. The van der Waals surface area contributed by atoms with Crippen LogP contribution in [-0.4, -0.2) is 67.2 Å². The minimum atomic E-state index is -0.340. The van der Waals surface area contributed by atoms with Gasteiger partial charge in [0, 0.05) is 25.7 Å². The molecule has 2 amide bonds. The van der Waals surface area contributed by atoms with E-state index in [0.29, 0.717) is 44.0 Å². The highest BCUT2D eigenvalue weighted by Gasteiger charge is 2.31. The Hall–Kier alpha value is -2.09. The second-order valence-electron chi connectivity index (χ2n) is 5.72. The second-order valence-corrected chi connectivity index (χ2v) is 6.67. The van der Waals surface area contributed by atoms with E-state index < -0.39 is 0 Å². The van der Waals surface area contributed by atoms with Crippen molar-refractivity contribution in [3.63, 3.8) is 0 Å². The molecule has 0 N–H and O–H groups in total. The van der Waals surface area contributed by atoms with Gasteiger partial charge in [-0.15, -0.1) is 11.3 Å². The minimum absolute atomic E-state index is 0.00932. The molecule has 0 radical (unpaired) electrons. The van der Waals surface area contributed by atoms with Crippen LogP contribution in [0.5, 0.6) is 0 Å². The van der Waals surface area contributed by atoms with Gasteiger partial charge < -0.3 is 19.3 Å². The van der Waals surface area contributed by atoms with E-state index >= 15 is 0 Å². The van der Waals surface area contributed by atoms with E-state index in [4.69, 9.17) is 9.47 Å². The molecule has 1 fully saturated rings. The van der Waals surface area contributed by atoms with Crippen molar-refractivity contribution >= 4 is 29.3 Å². The molecule has 1 aromatic rings. The molecule has 25 heavy (non-hydrogen) atoms. The lowest BCUT2D eigenvalue weighted by molar-refractivity contribution is -0.140. The number of esters is 1. The van der Waals surface area contributed by atoms with E-state index in [9.17, 15) is 14.4 Å². The highest BCUT2D eigenvalue weighted by atomic mass is 32.1. The van der Waals surface area contributed by atoms with Crippen molar-refractivity contribution in [2.24, 2.45) is 0 Å². The molecule has 0 saturated carbocycles. The summed E-state index contributed by atoms with van der Waals surface area (Å²) in [5.41, 5.74) is 0. The molecule has 1 aromatic heterocycles. The van der Waals surface area contributed by atoms with Crippen LogP contribution in [-0.2, 0) is 14.3 Å². The molecule has 8 heteroatoms. The third kappa shape index (κ3) is 5.19. The fourth-order valence-electron chi connectivity index (χ4n) is 2.88. The van der Waals surface area contributed by atoms with Crippen LogP contribution >= 0.6 is 11.3 Å². The molecule has 2 rings (SSSR count). The number of thiophene rings is 1. The van der Waals surface area contributed by atoms with Gasteiger partial charge in [-0.1, -0.05) is 6.07 Å². The van der Waals surface area contributed by atoms with Crippen LogP contribution in [0, 0.1) is 0 Å². The first kappa shape index (κ1) is 19.2. The van der Waals surface area contributed by atoms with Gasteiger partial charge in [0.15, 0.2) is 0 Å². The molecule has 7 nitrogen and oxygen atoms in total. The van der Waals surface area contributed by atoms with E-state index in [0.717, 1.165) is 0 Å². The van der Waals surface area contributed by atoms with Crippen molar-refractivity contribution in [3.8, 4) is 0 Å². The molecule has 138 valence electrons. The molecular weight excluding hydrogens is 344 g/mol. The predicted octanol–water partition coefficient (Wildman–Crippen LogP) is 2.37. The van der Waals surface area contributed by atoms with E-state index in [1.807, 2.05) is 11.4 Å². The summed E-state index contributed by atoms with van der Waals surface area (Å²) in [5, 5.41) is 1.86. The summed E-state index contributed by atoms with van der Waals surface area (Å²) in [6.45, 7) is 3.51. The van der Waals surface area contributed by atoms with Crippen molar-refractivity contribution in [1.29, 1.82) is 0 Å². The Kier molecular flexibility index (Phi) is 7.24. The van der Waals surface area contributed by atoms with E-state index in [-0.39, 0.29) is 30.4 Å². The van der Waals surface area contributed by atoms with Crippen LogP contribution < -0.4 is 0 Å². The van der Waals surface area contributed by atoms with Gasteiger partial charge in [0.2, 0.25) is 0 Å². The number of carbonyl (C=O) groups excluding carboxylic acids is 3. The third-order valence-electron chi connectivity index (χ3n) is 4.21. The molecule has 1 aliphatic heterocycles. The van der Waals surface area contributed by atoms with Crippen LogP contribution in [0.25, 0.3) is 0 Å². The maximum absolute atomic E-state index is 12.8. The Morgan fingerprint density at radius 3 is 2.60 bits per heavy atom. The predicted molar refractivity (Wildman–Crippen MR) is 93.6 cm³/mol. The van der Waals surface area contributed by atoms with Crippen LogP contribution in [0.3, 0.4) is 0 Å². The summed E-state index contributed by atoms with van der Waals surface area (Å²) < 4.78 is 9.71. The average Bonchev–Trinajstić information content (AvgIpc) is 3.17. The lowest BCUT2D eigenvalue weighted by atomic mass is 10.0. The lowest BCUT2D eigenvalue weighted by Crippen LogP contribution is -2.49. The van der Waals surface area contributed by atoms with Crippen molar-refractivity contribution in [2.75, 3.05) is 33.4 Å². The van der Waals surface area contributed by atoms with Crippen molar-refractivity contribution in [2.45, 2.75) is 32.2 Å². The van der Waals surface area contributed by atoms with Gasteiger partial charge >= 0.3 is 12.1 Å². The van der Waals surface area contributed by atoms with Crippen LogP contribution in [0.1, 0.15) is 35.9 Å². The number of hydrogen-bond donors (Lipinski definition) is 0. The standard InChI is InChI=1S/C17H24N2O5S/c1-3-24-17(22)18-9-6-13(7-10-18)19(11-8-15(20)23-2)16(21)14-5-4-12-25-14/h4-5,12-13H,3,6-11H2,1-2H3. The van der Waals surface area contributed by atoms with Crippen molar-refractivity contribution < 1.29 is 23.9 Å². The van der Waals surface area contributed by atoms with Gasteiger partial charge in [-0.25, -0.2) is 4.79 Å². The molecule has 1 aliphatic rings. The molecule has 2 heterocycles. The maximum atomic E-state index is 12.8. The normalized spacial score (nSPS) is 14.9. The van der Waals surface area contributed by atoms with Crippen molar-refractivity contribution in [3.05, 3.63) is 22.4 Å². The first-order valence-corrected chi connectivity index (χ1v) is 9.27. The summed E-state index contributed by atoms with van der Waals surface area (Å²) >= 11 is 1.38. The zero-order chi connectivity index (χ0) is 18.2. The molecule has 0 bridgehead atoms. The second kappa shape index (κ2) is 9.41. The summed E-state index contributed by atoms with van der Waals surface area (Å²) in [7, 11) is 1.34. The largest absolute Gasteiger partial charge is 0.469 e. The highest BCUT2D eigenvalue weighted by molar-refractivity contribution is 7.12. The molecule has 0 spiro atoms. The monoisotopic (exact) mass is 368 g/mol. The number of piperidine rings is 1. The Morgan fingerprint density at radius 2 is 2.04 bits per heavy atom. The molecular formula is C17H24N2O5S. The van der Waals surface area contributed by atoms with E-state index in [2.05, 4.69) is 0 Å². The van der Waals surface area contributed by atoms with Gasteiger partial charge in [0.05, 0.1) is 25.0 Å². The first-order chi connectivity index (χ1) is 12.1. The van der Waals surface area contributed by atoms with Gasteiger partial charge in [-0.3, -0.25) is 9.59 Å². The fourth-order valence-corrected chi connectivity index (χ4v) is 3.56. The average molecular weight is 368 g/mol. The smallest absolute Gasteiger partial charge is 0.409 e. The number of carbonyl (C=O) groups is 3. The van der Waals surface area contributed by atoms with Gasteiger partial charge in [-0.2, -0.15) is 0 Å². The number of rotatable bonds is 6. The van der Waals surface area contributed by atoms with E-state index in [1.54, 1.807) is 22.8 Å². The number of amides is 2. The fraction of sp³-hybridized carbons (Fsp3) is 0.588. The van der Waals surface area contributed by atoms with Crippen LogP contribution in [0.15, 0.2) is 17.5 Å². The summed E-state index contributed by atoms with van der Waals surface area (Å²) in [4.78, 5) is 40.2. The first-order valence-electron chi connectivity index (χ1n) is 8.39. The number of nitrogens with zero attached hydrogens (tertiary/aromatic N) is 2. The third-order valence-corrected chi connectivity index (χ3v) is 5.07. The molecule has 0 atom stereocenters. The summed E-state index contributed by atoms with van der Waals surface area (Å²) in [5.74, 6) is -0.415. The number of ether oxygens (including phenoxy) is 2. The molecule has 1 saturated heterocycles. The maximum Gasteiger partial charge on any atom is 0.409 e. The Labute approximate surface area is 151 Å². The zero-order valence-electron chi connectivity index (χ0n) is 14.6. The highest BCUT2D eigenvalue weighted by Crippen LogP contribution is 2.22. The van der Waals surface area contributed by atoms with E-state index in [1.165, 1.54) is 18.4 Å². The van der Waals surface area contributed by atoms with Gasteiger partial charge in [0.25, 0.3) is 5.91 Å². The SMILES string of the molecule is CCOC(=O)N1CCC(N(CCC(=O)OC)C(=O)c2cccs2)CC1. The topological polar surface area (TPSA) is 76.2 Å². The molecule has 0 aliphatic carbocycles. The lowest BCUT2D eigenvalue weighted by Gasteiger charge is -2.38. The number of likely N-dealkylation sites (tertiary alicyclic amines) is 1. The zero-order valence-corrected chi connectivity index (χ0v) is 15.4. The number of methoxy groups -OCH3 is 1. The molecule has 0 unspecified atom stereocenters. The Morgan fingerprint density at radius 1 is 1.32 bits per heavy atom. The summed E-state index contributed by atoms with van der Waals surface area (Å²) in [6.07, 6.45) is 1.17. The Balaban J connectivity index is 2.01. The van der Waals surface area contributed by atoms with Crippen LogP contribution in [0.4, 0.5) is 4.79 Å². The minimum Gasteiger partial charge on any atom is -0.469 e. The molecule has 0 aromatic carbocycles. The van der Waals surface area contributed by atoms with Crippen LogP contribution in [0.2, 0.25) is 0 Å². The Bertz CT molecular complexity index is 582. The van der Waals surface area contributed by atoms with Crippen molar-refractivity contribution in [1.82, 2.24) is 9.80 Å². The quantitative estimate of drug-likeness (QED) is 0.721. The number of hydrogen-bond acceptors (Lipinski definition) is 6. The van der Waals surface area contributed by atoms with Gasteiger partial charge in [0.1, 0.15) is 0 Å². The van der Waals surface area contributed by atoms with Gasteiger partial charge in [-0.05, 0) is 31.2 Å².